The lowest BCUT2D eigenvalue weighted by atomic mass is 9.62. The molecule has 0 unspecified atom stereocenters. The summed E-state index contributed by atoms with van der Waals surface area (Å²) in [6, 6.07) is 13.5. The summed E-state index contributed by atoms with van der Waals surface area (Å²) in [4.78, 5) is 40.1. The van der Waals surface area contributed by atoms with Gasteiger partial charge in [0.05, 0.1) is 11.1 Å². The highest BCUT2D eigenvalue weighted by molar-refractivity contribution is 6.31. The maximum Gasteiger partial charge on any atom is 0.255 e. The van der Waals surface area contributed by atoms with E-state index < -0.39 is 5.41 Å². The van der Waals surface area contributed by atoms with Crippen LogP contribution in [0.1, 0.15) is 44.0 Å². The summed E-state index contributed by atoms with van der Waals surface area (Å²) in [5.74, 6) is -0.761. The third-order valence-corrected chi connectivity index (χ3v) is 7.13. The molecule has 2 fully saturated rings. The minimum Gasteiger partial charge on any atom is -0.322 e. The Kier molecular flexibility index (Phi) is 4.54. The number of nitrogens with zero attached hydrogens (tertiary/aromatic N) is 1. The van der Waals surface area contributed by atoms with Crippen molar-refractivity contribution in [2.45, 2.75) is 33.6 Å². The first-order chi connectivity index (χ1) is 13.6. The zero-order valence-electron chi connectivity index (χ0n) is 16.7. The van der Waals surface area contributed by atoms with Crippen LogP contribution in [0.15, 0.2) is 48.5 Å². The highest BCUT2D eigenvalue weighted by Crippen LogP contribution is 2.60. The fourth-order valence-corrected chi connectivity index (χ4v) is 4.78. The number of hydrogen-bond donors (Lipinski definition) is 1. The average molecular weight is 411 g/mol. The van der Waals surface area contributed by atoms with Crippen LogP contribution in [-0.4, -0.2) is 17.7 Å². The summed E-state index contributed by atoms with van der Waals surface area (Å²) in [6.07, 6.45) is 1.44. The monoisotopic (exact) mass is 410 g/mol. The lowest BCUT2D eigenvalue weighted by Crippen LogP contribution is -2.59. The number of benzene rings is 2. The molecule has 0 radical (unpaired) electrons. The number of rotatable bonds is 3. The predicted molar refractivity (Wildman–Crippen MR) is 113 cm³/mol. The molecule has 0 spiro atoms. The second kappa shape index (κ2) is 6.70. The van der Waals surface area contributed by atoms with Crippen LogP contribution in [0.2, 0.25) is 5.02 Å². The van der Waals surface area contributed by atoms with Crippen molar-refractivity contribution in [3.05, 3.63) is 59.1 Å². The van der Waals surface area contributed by atoms with Crippen LogP contribution in [0, 0.1) is 16.7 Å². The van der Waals surface area contributed by atoms with E-state index in [9.17, 15) is 14.4 Å². The van der Waals surface area contributed by atoms with Gasteiger partial charge in [0.2, 0.25) is 11.8 Å². The van der Waals surface area contributed by atoms with Gasteiger partial charge in [-0.05, 0) is 60.7 Å². The second-order valence-electron chi connectivity index (χ2n) is 8.64. The van der Waals surface area contributed by atoms with Gasteiger partial charge in [-0.15, -0.1) is 0 Å². The molecule has 1 aliphatic heterocycles. The molecule has 4 rings (SSSR count). The first kappa shape index (κ1) is 19.6. The van der Waals surface area contributed by atoms with E-state index in [1.54, 1.807) is 48.5 Å². The maximum absolute atomic E-state index is 13.2. The average Bonchev–Trinajstić information content (AvgIpc) is 2.85. The quantitative estimate of drug-likeness (QED) is 0.731. The molecule has 1 N–H and O–H groups in total. The van der Waals surface area contributed by atoms with E-state index in [0.29, 0.717) is 28.4 Å². The van der Waals surface area contributed by atoms with Crippen molar-refractivity contribution in [2.75, 3.05) is 10.2 Å². The first-order valence-corrected chi connectivity index (χ1v) is 10.1. The van der Waals surface area contributed by atoms with Gasteiger partial charge < -0.3 is 5.32 Å². The smallest absolute Gasteiger partial charge is 0.255 e. The number of carbonyl (C=O) groups excluding carboxylic acids is 3. The molecule has 2 aromatic rings. The molecular weight excluding hydrogens is 388 g/mol. The number of carbonyl (C=O) groups is 3. The Labute approximate surface area is 175 Å². The number of amides is 3. The first-order valence-electron chi connectivity index (χ1n) is 9.70. The van der Waals surface area contributed by atoms with E-state index >= 15 is 0 Å². The summed E-state index contributed by atoms with van der Waals surface area (Å²) in [6.45, 7) is 5.99. The van der Waals surface area contributed by atoms with Gasteiger partial charge in [0.25, 0.3) is 5.91 Å². The van der Waals surface area contributed by atoms with Crippen molar-refractivity contribution < 1.29 is 14.4 Å². The minimum absolute atomic E-state index is 0.147. The van der Waals surface area contributed by atoms with Gasteiger partial charge in [-0.25, -0.2) is 4.90 Å². The Hall–Kier alpha value is -2.66. The second-order valence-corrected chi connectivity index (χ2v) is 9.07. The van der Waals surface area contributed by atoms with E-state index in [2.05, 4.69) is 5.32 Å². The third kappa shape index (κ3) is 2.96. The molecule has 2 bridgehead atoms. The molecule has 1 aliphatic carbocycles. The number of nitrogens with one attached hydrogen (secondary N) is 1. The normalized spacial score (nSPS) is 25.2. The summed E-state index contributed by atoms with van der Waals surface area (Å²) < 4.78 is 0. The number of hydrogen-bond acceptors (Lipinski definition) is 3. The van der Waals surface area contributed by atoms with Crippen molar-refractivity contribution in [2.24, 2.45) is 16.7 Å². The minimum atomic E-state index is -0.561. The topological polar surface area (TPSA) is 66.5 Å². The van der Waals surface area contributed by atoms with E-state index in [-0.39, 0.29) is 29.1 Å². The fourth-order valence-electron chi connectivity index (χ4n) is 4.59. The Bertz CT molecular complexity index is 1020. The summed E-state index contributed by atoms with van der Waals surface area (Å²) in [5, 5.41) is 3.32. The standard InChI is InChI=1S/C23H23ClN2O3/c1-22(2)18-11-12-23(22,3)21(29)26(20(18)28)17-9-7-14(8-10-17)19(27)25-16-6-4-5-15(24)13-16/h4-10,13,18H,11-12H2,1-3H3,(H,25,27)/t18-,23+/m0/s1. The molecule has 5 nitrogen and oxygen atoms in total. The van der Waals surface area contributed by atoms with E-state index in [4.69, 9.17) is 11.6 Å². The van der Waals surface area contributed by atoms with Crippen LogP contribution >= 0.6 is 11.6 Å². The van der Waals surface area contributed by atoms with Crippen LogP contribution < -0.4 is 10.2 Å². The van der Waals surface area contributed by atoms with Crippen LogP contribution in [0.4, 0.5) is 11.4 Å². The fraction of sp³-hybridized carbons (Fsp3) is 0.348. The van der Waals surface area contributed by atoms with Gasteiger partial charge in [0.15, 0.2) is 0 Å². The van der Waals surface area contributed by atoms with E-state index in [0.717, 1.165) is 6.42 Å². The van der Waals surface area contributed by atoms with Gasteiger partial charge in [-0.2, -0.15) is 0 Å². The molecule has 1 saturated carbocycles. The molecular formula is C23H23ClN2O3. The number of anilines is 2. The molecule has 3 amide bonds. The van der Waals surface area contributed by atoms with Crippen molar-refractivity contribution in [3.63, 3.8) is 0 Å². The largest absolute Gasteiger partial charge is 0.322 e. The molecule has 1 heterocycles. The SMILES string of the molecule is CC1(C)[C@H]2CC[C@]1(C)C(=O)N(c1ccc(C(=O)Nc3cccc(Cl)c3)cc1)C2=O. The van der Waals surface area contributed by atoms with Gasteiger partial charge >= 0.3 is 0 Å². The number of piperidine rings is 1. The third-order valence-electron chi connectivity index (χ3n) is 6.89. The molecule has 0 aromatic heterocycles. The van der Waals surface area contributed by atoms with Crippen LogP contribution in [-0.2, 0) is 9.59 Å². The Morgan fingerprint density at radius 2 is 1.79 bits per heavy atom. The Balaban J connectivity index is 1.57. The van der Waals surface area contributed by atoms with Crippen LogP contribution in [0.5, 0.6) is 0 Å². The number of halogens is 1. The van der Waals surface area contributed by atoms with Gasteiger partial charge in [-0.1, -0.05) is 38.4 Å². The highest BCUT2D eigenvalue weighted by Gasteiger charge is 2.64. The molecule has 2 aliphatic rings. The summed E-state index contributed by atoms with van der Waals surface area (Å²) >= 11 is 5.95. The van der Waals surface area contributed by atoms with Crippen LogP contribution in [0.3, 0.4) is 0 Å². The van der Waals surface area contributed by atoms with Crippen molar-refractivity contribution in [3.8, 4) is 0 Å². The predicted octanol–water partition coefficient (Wildman–Crippen LogP) is 4.91. The molecule has 1 saturated heterocycles. The summed E-state index contributed by atoms with van der Waals surface area (Å²) in [5.41, 5.74) is 0.621. The van der Waals surface area contributed by atoms with Gasteiger partial charge in [0, 0.05) is 22.2 Å². The van der Waals surface area contributed by atoms with E-state index in [1.165, 1.54) is 4.90 Å². The summed E-state index contributed by atoms with van der Waals surface area (Å²) in [7, 11) is 0. The zero-order valence-corrected chi connectivity index (χ0v) is 17.4. The molecule has 150 valence electrons. The van der Waals surface area contributed by atoms with Crippen molar-refractivity contribution >= 4 is 40.7 Å². The van der Waals surface area contributed by atoms with Gasteiger partial charge in [-0.3, -0.25) is 14.4 Å². The lowest BCUT2D eigenvalue weighted by Gasteiger charge is -2.47. The van der Waals surface area contributed by atoms with Crippen molar-refractivity contribution in [1.82, 2.24) is 0 Å². The highest BCUT2D eigenvalue weighted by atomic mass is 35.5. The molecule has 6 heteroatoms. The van der Waals surface area contributed by atoms with Crippen LogP contribution in [0.25, 0.3) is 0 Å². The Morgan fingerprint density at radius 3 is 2.45 bits per heavy atom. The lowest BCUT2D eigenvalue weighted by molar-refractivity contribution is -0.146. The molecule has 29 heavy (non-hydrogen) atoms. The molecule has 2 aromatic carbocycles. The zero-order chi connectivity index (χ0) is 21.0. The Morgan fingerprint density at radius 1 is 1.10 bits per heavy atom. The maximum atomic E-state index is 13.2. The van der Waals surface area contributed by atoms with Gasteiger partial charge in [0.1, 0.15) is 0 Å². The van der Waals surface area contributed by atoms with Crippen molar-refractivity contribution in [1.29, 1.82) is 0 Å². The number of fused-ring (bicyclic) bond motifs is 2. The number of imide groups is 1. The molecule has 2 atom stereocenters. The van der Waals surface area contributed by atoms with E-state index in [1.807, 2.05) is 20.8 Å².